The maximum atomic E-state index is 13.5. The van der Waals surface area contributed by atoms with Crippen LogP contribution in [-0.4, -0.2) is 29.3 Å². The standard InChI is InChI=1S/C13H14FNO3/c14-10-5-7(1-3-9(10)13(16)17)15-11-6-8-2-4-12(11)18-8/h1,3,5,8,11-12,15H,2,4,6H2,(H,16,17). The lowest BCUT2D eigenvalue weighted by Crippen LogP contribution is -2.30. The van der Waals surface area contributed by atoms with Gasteiger partial charge in [0.2, 0.25) is 0 Å². The smallest absolute Gasteiger partial charge is 0.338 e. The Morgan fingerprint density at radius 1 is 1.44 bits per heavy atom. The molecule has 2 aliphatic rings. The molecule has 3 unspecified atom stereocenters. The third-order valence-electron chi connectivity index (χ3n) is 3.66. The van der Waals surface area contributed by atoms with E-state index in [1.165, 1.54) is 12.1 Å². The highest BCUT2D eigenvalue weighted by molar-refractivity contribution is 5.88. The minimum absolute atomic E-state index is 0.206. The van der Waals surface area contributed by atoms with Gasteiger partial charge in [-0.05, 0) is 37.5 Å². The van der Waals surface area contributed by atoms with Gasteiger partial charge < -0.3 is 15.2 Å². The van der Waals surface area contributed by atoms with Crippen molar-refractivity contribution in [2.45, 2.75) is 37.5 Å². The first kappa shape index (κ1) is 11.5. The fourth-order valence-corrected chi connectivity index (χ4v) is 2.78. The van der Waals surface area contributed by atoms with Crippen LogP contribution < -0.4 is 5.32 Å². The van der Waals surface area contributed by atoms with Crippen molar-refractivity contribution in [1.29, 1.82) is 0 Å². The lowest BCUT2D eigenvalue weighted by molar-refractivity contribution is 0.0692. The van der Waals surface area contributed by atoms with E-state index >= 15 is 0 Å². The predicted molar refractivity (Wildman–Crippen MR) is 63.3 cm³/mol. The molecule has 0 aromatic heterocycles. The molecule has 0 aliphatic carbocycles. The molecule has 3 atom stereocenters. The lowest BCUT2D eigenvalue weighted by atomic mass is 9.95. The zero-order valence-corrected chi connectivity index (χ0v) is 9.73. The van der Waals surface area contributed by atoms with E-state index in [1.54, 1.807) is 6.07 Å². The minimum Gasteiger partial charge on any atom is -0.478 e. The van der Waals surface area contributed by atoms with E-state index in [4.69, 9.17) is 9.84 Å². The van der Waals surface area contributed by atoms with Gasteiger partial charge in [0.25, 0.3) is 0 Å². The van der Waals surface area contributed by atoms with Crippen LogP contribution in [0.5, 0.6) is 0 Å². The molecule has 2 N–H and O–H groups in total. The summed E-state index contributed by atoms with van der Waals surface area (Å²) < 4.78 is 19.2. The van der Waals surface area contributed by atoms with Crippen LogP contribution in [0.15, 0.2) is 18.2 Å². The van der Waals surface area contributed by atoms with E-state index in [9.17, 15) is 9.18 Å². The summed E-state index contributed by atoms with van der Waals surface area (Å²) in [6.07, 6.45) is 3.62. The number of hydrogen-bond acceptors (Lipinski definition) is 3. The highest BCUT2D eigenvalue weighted by Gasteiger charge is 2.40. The summed E-state index contributed by atoms with van der Waals surface area (Å²) in [5, 5.41) is 12.0. The second-order valence-electron chi connectivity index (χ2n) is 4.86. The van der Waals surface area contributed by atoms with Gasteiger partial charge >= 0.3 is 5.97 Å². The summed E-state index contributed by atoms with van der Waals surface area (Å²) in [5.41, 5.74) is 0.309. The van der Waals surface area contributed by atoms with E-state index in [-0.39, 0.29) is 17.7 Å². The van der Waals surface area contributed by atoms with Crippen LogP contribution in [0, 0.1) is 5.82 Å². The van der Waals surface area contributed by atoms with Crippen molar-refractivity contribution in [3.05, 3.63) is 29.6 Å². The number of carbonyl (C=O) groups is 1. The lowest BCUT2D eigenvalue weighted by Gasteiger charge is -2.21. The zero-order chi connectivity index (χ0) is 12.7. The molecule has 2 saturated heterocycles. The van der Waals surface area contributed by atoms with E-state index in [2.05, 4.69) is 5.32 Å². The molecule has 1 aromatic carbocycles. The number of benzene rings is 1. The largest absolute Gasteiger partial charge is 0.478 e. The van der Waals surface area contributed by atoms with E-state index in [0.717, 1.165) is 19.3 Å². The van der Waals surface area contributed by atoms with Gasteiger partial charge in [0.15, 0.2) is 0 Å². The quantitative estimate of drug-likeness (QED) is 0.865. The number of fused-ring (bicyclic) bond motifs is 2. The summed E-state index contributed by atoms with van der Waals surface area (Å²) in [6.45, 7) is 0. The molecule has 0 saturated carbocycles. The first-order valence-electron chi connectivity index (χ1n) is 6.08. The Kier molecular flexibility index (Phi) is 2.70. The molecule has 4 nitrogen and oxygen atoms in total. The van der Waals surface area contributed by atoms with Crippen molar-refractivity contribution in [2.75, 3.05) is 5.32 Å². The second kappa shape index (κ2) is 4.24. The fraction of sp³-hybridized carbons (Fsp3) is 0.462. The number of hydrogen-bond donors (Lipinski definition) is 2. The van der Waals surface area contributed by atoms with Crippen LogP contribution >= 0.6 is 0 Å². The maximum absolute atomic E-state index is 13.5. The maximum Gasteiger partial charge on any atom is 0.338 e. The summed E-state index contributed by atoms with van der Waals surface area (Å²) in [6, 6.07) is 4.32. The molecule has 5 heteroatoms. The average molecular weight is 251 g/mol. The molecule has 0 amide bonds. The van der Waals surface area contributed by atoms with Gasteiger partial charge in [0.1, 0.15) is 5.82 Å². The highest BCUT2D eigenvalue weighted by Crippen LogP contribution is 2.36. The molecule has 2 bridgehead atoms. The molecule has 96 valence electrons. The molecule has 3 rings (SSSR count). The van der Waals surface area contributed by atoms with E-state index in [0.29, 0.717) is 11.8 Å². The van der Waals surface area contributed by atoms with Gasteiger partial charge in [-0.15, -0.1) is 0 Å². The summed E-state index contributed by atoms with van der Waals surface area (Å²) in [4.78, 5) is 10.7. The normalized spacial score (nSPS) is 29.5. The van der Waals surface area contributed by atoms with Crippen LogP contribution in [0.3, 0.4) is 0 Å². The van der Waals surface area contributed by atoms with Gasteiger partial charge in [0.05, 0.1) is 23.8 Å². The van der Waals surface area contributed by atoms with Crippen molar-refractivity contribution >= 4 is 11.7 Å². The number of carboxylic acids is 1. The number of anilines is 1. The van der Waals surface area contributed by atoms with Crippen molar-refractivity contribution in [1.82, 2.24) is 0 Å². The Hall–Kier alpha value is -1.62. The fourth-order valence-electron chi connectivity index (χ4n) is 2.78. The summed E-state index contributed by atoms with van der Waals surface area (Å²) in [7, 11) is 0. The molecular weight excluding hydrogens is 237 g/mol. The first-order chi connectivity index (χ1) is 8.63. The summed E-state index contributed by atoms with van der Waals surface area (Å²) in [5.74, 6) is -1.96. The van der Waals surface area contributed by atoms with Crippen molar-refractivity contribution in [2.24, 2.45) is 0 Å². The average Bonchev–Trinajstić information content (AvgIpc) is 2.90. The van der Waals surface area contributed by atoms with Crippen molar-refractivity contribution in [3.8, 4) is 0 Å². The van der Waals surface area contributed by atoms with Crippen LogP contribution in [0.4, 0.5) is 10.1 Å². The van der Waals surface area contributed by atoms with Crippen molar-refractivity contribution in [3.63, 3.8) is 0 Å². The molecule has 18 heavy (non-hydrogen) atoms. The van der Waals surface area contributed by atoms with E-state index < -0.39 is 11.8 Å². The second-order valence-corrected chi connectivity index (χ2v) is 4.86. The number of aromatic carboxylic acids is 1. The van der Waals surface area contributed by atoms with Gasteiger partial charge in [-0.2, -0.15) is 0 Å². The Balaban J connectivity index is 1.74. The molecule has 2 aliphatic heterocycles. The molecular formula is C13H14FNO3. The zero-order valence-electron chi connectivity index (χ0n) is 9.73. The van der Waals surface area contributed by atoms with Gasteiger partial charge in [-0.25, -0.2) is 9.18 Å². The van der Waals surface area contributed by atoms with Crippen LogP contribution in [0.25, 0.3) is 0 Å². The Bertz CT molecular complexity index is 491. The summed E-state index contributed by atoms with van der Waals surface area (Å²) >= 11 is 0. The van der Waals surface area contributed by atoms with Gasteiger partial charge in [-0.3, -0.25) is 0 Å². The van der Waals surface area contributed by atoms with Crippen LogP contribution in [0.1, 0.15) is 29.6 Å². The Morgan fingerprint density at radius 2 is 2.28 bits per heavy atom. The first-order valence-corrected chi connectivity index (χ1v) is 6.08. The van der Waals surface area contributed by atoms with Crippen molar-refractivity contribution < 1.29 is 19.0 Å². The number of ether oxygens (including phenoxy) is 1. The molecule has 2 fully saturated rings. The highest BCUT2D eigenvalue weighted by atomic mass is 19.1. The Morgan fingerprint density at radius 3 is 2.83 bits per heavy atom. The number of carboxylic acid groups (broad SMARTS) is 1. The minimum atomic E-state index is -1.25. The van der Waals surface area contributed by atoms with Gasteiger partial charge in [0, 0.05) is 5.69 Å². The SMILES string of the molecule is O=C(O)c1ccc(NC2CC3CCC2O3)cc1F. The molecule has 0 radical (unpaired) electrons. The molecule has 2 heterocycles. The van der Waals surface area contributed by atoms with Gasteiger partial charge in [-0.1, -0.05) is 0 Å². The third kappa shape index (κ3) is 1.95. The monoisotopic (exact) mass is 251 g/mol. The number of rotatable bonds is 3. The third-order valence-corrected chi connectivity index (χ3v) is 3.66. The van der Waals surface area contributed by atoms with E-state index in [1.807, 2.05) is 0 Å². The van der Waals surface area contributed by atoms with Crippen LogP contribution in [0.2, 0.25) is 0 Å². The number of halogens is 1. The van der Waals surface area contributed by atoms with Crippen LogP contribution in [-0.2, 0) is 4.74 Å². The number of nitrogens with one attached hydrogen (secondary N) is 1. The molecule has 1 aromatic rings. The molecule has 0 spiro atoms. The predicted octanol–water partition coefficient (Wildman–Crippen LogP) is 2.26. The Labute approximate surface area is 104 Å². The topological polar surface area (TPSA) is 58.6 Å².